The van der Waals surface area contributed by atoms with Crippen molar-refractivity contribution in [3.63, 3.8) is 0 Å². The van der Waals surface area contributed by atoms with E-state index in [1.54, 1.807) is 12.1 Å². The molecule has 1 aromatic heterocycles. The van der Waals surface area contributed by atoms with E-state index in [4.69, 9.17) is 4.74 Å². The zero-order valence-electron chi connectivity index (χ0n) is 15.3. The number of aromatic nitrogens is 1. The highest BCUT2D eigenvalue weighted by Crippen LogP contribution is 2.33. The van der Waals surface area contributed by atoms with Crippen LogP contribution >= 0.6 is 0 Å². The molecule has 134 valence electrons. The van der Waals surface area contributed by atoms with Crippen LogP contribution in [0.5, 0.6) is 11.5 Å². The predicted octanol–water partition coefficient (Wildman–Crippen LogP) is 4.50. The molecule has 5 heteroatoms. The zero-order valence-corrected chi connectivity index (χ0v) is 15.3. The highest BCUT2D eigenvalue weighted by atomic mass is 16.5. The molecule has 0 aliphatic carbocycles. The first-order chi connectivity index (χ1) is 12.3. The normalized spacial score (nSPS) is 11.4. The Hall–Kier alpha value is -3.08. The molecule has 0 atom stereocenters. The second kappa shape index (κ2) is 6.67. The molecule has 26 heavy (non-hydrogen) atoms. The summed E-state index contributed by atoms with van der Waals surface area (Å²) in [6.45, 7) is 6.06. The van der Waals surface area contributed by atoms with E-state index in [1.165, 1.54) is 13.3 Å². The van der Waals surface area contributed by atoms with Crippen LogP contribution in [0, 0.1) is 0 Å². The largest absolute Gasteiger partial charge is 0.508 e. The molecule has 0 spiro atoms. The molecule has 0 radical (unpaired) electrons. The fourth-order valence-electron chi connectivity index (χ4n) is 2.94. The van der Waals surface area contributed by atoms with Gasteiger partial charge in [0, 0.05) is 23.3 Å². The third-order valence-electron chi connectivity index (χ3n) is 4.24. The Labute approximate surface area is 152 Å². The van der Waals surface area contributed by atoms with Crippen molar-refractivity contribution in [1.82, 2.24) is 4.98 Å². The second-order valence-electron chi connectivity index (χ2n) is 7.16. The van der Waals surface area contributed by atoms with Gasteiger partial charge in [-0.15, -0.1) is 0 Å². The Bertz CT molecular complexity index is 975. The van der Waals surface area contributed by atoms with E-state index in [-0.39, 0.29) is 17.1 Å². The number of phenols is 1. The molecule has 1 heterocycles. The summed E-state index contributed by atoms with van der Waals surface area (Å²) in [6, 6.07) is 12.6. The van der Waals surface area contributed by atoms with Gasteiger partial charge in [-0.05, 0) is 29.2 Å². The summed E-state index contributed by atoms with van der Waals surface area (Å²) in [4.78, 5) is 17.0. The van der Waals surface area contributed by atoms with Gasteiger partial charge in [-0.25, -0.2) is 0 Å². The van der Waals surface area contributed by atoms with Crippen LogP contribution in [0.2, 0.25) is 0 Å². The molecule has 0 aliphatic heterocycles. The van der Waals surface area contributed by atoms with Gasteiger partial charge in [0.1, 0.15) is 17.1 Å². The molecule has 0 aliphatic rings. The van der Waals surface area contributed by atoms with E-state index < -0.39 is 0 Å². The summed E-state index contributed by atoms with van der Waals surface area (Å²) >= 11 is 0. The number of anilines is 1. The zero-order chi connectivity index (χ0) is 18.9. The van der Waals surface area contributed by atoms with Crippen LogP contribution in [0.15, 0.2) is 48.7 Å². The molecular formula is C21H22N2O3. The van der Waals surface area contributed by atoms with Crippen LogP contribution in [-0.2, 0) is 5.41 Å². The van der Waals surface area contributed by atoms with Crippen LogP contribution in [0.1, 0.15) is 36.7 Å². The molecule has 2 aromatic carbocycles. The Morgan fingerprint density at radius 3 is 2.54 bits per heavy atom. The van der Waals surface area contributed by atoms with Gasteiger partial charge < -0.3 is 15.2 Å². The number of benzene rings is 2. The lowest BCUT2D eigenvalue weighted by molar-refractivity contribution is 0.102. The van der Waals surface area contributed by atoms with Gasteiger partial charge in [-0.1, -0.05) is 39.0 Å². The lowest BCUT2D eigenvalue weighted by Gasteiger charge is -2.21. The number of hydrogen-bond acceptors (Lipinski definition) is 4. The second-order valence-corrected chi connectivity index (χ2v) is 7.16. The number of methoxy groups -OCH3 is 1. The van der Waals surface area contributed by atoms with Gasteiger partial charge in [0.25, 0.3) is 5.91 Å². The predicted molar refractivity (Wildman–Crippen MR) is 103 cm³/mol. The Morgan fingerprint density at radius 2 is 1.88 bits per heavy atom. The number of phenolic OH excluding ortho intramolecular Hbond substituents is 1. The number of rotatable bonds is 3. The third-order valence-corrected chi connectivity index (χ3v) is 4.24. The van der Waals surface area contributed by atoms with Gasteiger partial charge in [0.05, 0.1) is 12.6 Å². The van der Waals surface area contributed by atoms with Crippen molar-refractivity contribution < 1.29 is 14.6 Å². The molecule has 0 saturated heterocycles. The number of aromatic hydroxyl groups is 1. The van der Waals surface area contributed by atoms with E-state index in [0.29, 0.717) is 17.0 Å². The van der Waals surface area contributed by atoms with Crippen molar-refractivity contribution in [3.8, 4) is 11.5 Å². The average molecular weight is 350 g/mol. The number of nitrogens with zero attached hydrogens (tertiary/aromatic N) is 1. The van der Waals surface area contributed by atoms with Crippen LogP contribution in [0.4, 0.5) is 5.69 Å². The van der Waals surface area contributed by atoms with Crippen molar-refractivity contribution in [2.45, 2.75) is 26.2 Å². The minimum atomic E-state index is -0.344. The molecule has 0 saturated carbocycles. The SMILES string of the molecule is COc1c(C(=O)Nc2ccc(C(C)(C)C)c(O)c2)cnc2ccccc12. The maximum Gasteiger partial charge on any atom is 0.261 e. The minimum Gasteiger partial charge on any atom is -0.508 e. The van der Waals surface area contributed by atoms with E-state index >= 15 is 0 Å². The number of nitrogens with one attached hydrogen (secondary N) is 1. The van der Waals surface area contributed by atoms with Gasteiger partial charge in [0.2, 0.25) is 0 Å². The molecule has 0 unspecified atom stereocenters. The first kappa shape index (κ1) is 17.7. The number of carbonyl (C=O) groups excluding carboxylic acids is 1. The van der Waals surface area contributed by atoms with Gasteiger partial charge in [-0.3, -0.25) is 9.78 Å². The Kier molecular flexibility index (Phi) is 4.55. The summed E-state index contributed by atoms with van der Waals surface area (Å²) in [7, 11) is 1.53. The standard InChI is InChI=1S/C21H22N2O3/c1-21(2,3)16-10-9-13(11-18(16)24)23-20(25)15-12-22-17-8-6-5-7-14(17)19(15)26-4/h5-12,24H,1-4H3,(H,23,25). The monoisotopic (exact) mass is 350 g/mol. The maximum atomic E-state index is 12.7. The van der Waals surface area contributed by atoms with E-state index in [1.807, 2.05) is 51.1 Å². The summed E-state index contributed by atoms with van der Waals surface area (Å²) in [5.74, 6) is 0.283. The van der Waals surface area contributed by atoms with Crippen molar-refractivity contribution in [2.75, 3.05) is 12.4 Å². The third kappa shape index (κ3) is 3.33. The number of ether oxygens (including phenoxy) is 1. The fraction of sp³-hybridized carbons (Fsp3) is 0.238. The van der Waals surface area contributed by atoms with Gasteiger partial charge in [-0.2, -0.15) is 0 Å². The van der Waals surface area contributed by atoms with Crippen LogP contribution in [-0.4, -0.2) is 23.1 Å². The smallest absolute Gasteiger partial charge is 0.261 e. The molecule has 0 bridgehead atoms. The van der Waals surface area contributed by atoms with Gasteiger partial charge >= 0.3 is 0 Å². The number of carbonyl (C=O) groups is 1. The lowest BCUT2D eigenvalue weighted by atomic mass is 9.86. The molecular weight excluding hydrogens is 328 g/mol. The highest BCUT2D eigenvalue weighted by Gasteiger charge is 2.20. The van der Waals surface area contributed by atoms with Crippen molar-refractivity contribution in [2.24, 2.45) is 0 Å². The lowest BCUT2D eigenvalue weighted by Crippen LogP contribution is -2.15. The molecule has 3 aromatic rings. The van der Waals surface area contributed by atoms with E-state index in [9.17, 15) is 9.90 Å². The number of para-hydroxylation sites is 1. The van der Waals surface area contributed by atoms with Crippen molar-refractivity contribution in [3.05, 3.63) is 59.8 Å². The summed E-state index contributed by atoms with van der Waals surface area (Å²) < 4.78 is 5.45. The minimum absolute atomic E-state index is 0.152. The topological polar surface area (TPSA) is 71.5 Å². The van der Waals surface area contributed by atoms with Crippen LogP contribution in [0.3, 0.4) is 0 Å². The van der Waals surface area contributed by atoms with E-state index in [0.717, 1.165) is 16.5 Å². The number of fused-ring (bicyclic) bond motifs is 1. The van der Waals surface area contributed by atoms with Crippen molar-refractivity contribution in [1.29, 1.82) is 0 Å². The summed E-state index contributed by atoms with van der Waals surface area (Å²) in [6.07, 6.45) is 1.50. The Morgan fingerprint density at radius 1 is 1.15 bits per heavy atom. The quantitative estimate of drug-likeness (QED) is 0.729. The van der Waals surface area contributed by atoms with Crippen LogP contribution < -0.4 is 10.1 Å². The molecule has 2 N–H and O–H groups in total. The molecule has 3 rings (SSSR count). The fourth-order valence-corrected chi connectivity index (χ4v) is 2.94. The van der Waals surface area contributed by atoms with Crippen LogP contribution in [0.25, 0.3) is 10.9 Å². The number of amides is 1. The molecule has 5 nitrogen and oxygen atoms in total. The van der Waals surface area contributed by atoms with Gasteiger partial charge in [0.15, 0.2) is 0 Å². The van der Waals surface area contributed by atoms with Crippen molar-refractivity contribution >= 4 is 22.5 Å². The first-order valence-corrected chi connectivity index (χ1v) is 8.38. The average Bonchev–Trinajstić information content (AvgIpc) is 2.59. The highest BCUT2D eigenvalue weighted by molar-refractivity contribution is 6.09. The first-order valence-electron chi connectivity index (χ1n) is 8.38. The number of pyridine rings is 1. The summed E-state index contributed by atoms with van der Waals surface area (Å²) in [5.41, 5.74) is 2.24. The summed E-state index contributed by atoms with van der Waals surface area (Å²) in [5, 5.41) is 13.8. The van der Waals surface area contributed by atoms with E-state index in [2.05, 4.69) is 10.3 Å². The molecule has 1 amide bonds. The molecule has 0 fully saturated rings. The Balaban J connectivity index is 1.94. The maximum absolute atomic E-state index is 12.7. The number of hydrogen-bond donors (Lipinski definition) is 2.